The van der Waals surface area contributed by atoms with Crippen LogP contribution in [0.5, 0.6) is 0 Å². The van der Waals surface area contributed by atoms with Gasteiger partial charge in [0.15, 0.2) is 0 Å². The second-order valence-electron chi connectivity index (χ2n) is 5.08. The summed E-state index contributed by atoms with van der Waals surface area (Å²) in [4.78, 5) is 14.7. The van der Waals surface area contributed by atoms with Gasteiger partial charge in [-0.1, -0.05) is 17.7 Å². The predicted octanol–water partition coefficient (Wildman–Crippen LogP) is 1.78. The highest BCUT2D eigenvalue weighted by atomic mass is 32.2. The first-order valence-corrected chi connectivity index (χ1v) is 8.03. The normalized spacial score (nSPS) is 11.6. The fourth-order valence-electron chi connectivity index (χ4n) is 2.07. The van der Waals surface area contributed by atoms with E-state index >= 15 is 0 Å². The molecule has 0 radical (unpaired) electrons. The number of rotatable bonds is 4. The Morgan fingerprint density at radius 1 is 1.10 bits per heavy atom. The molecule has 0 saturated carbocycles. The van der Waals surface area contributed by atoms with E-state index < -0.39 is 10.0 Å². The van der Waals surface area contributed by atoms with Crippen LogP contribution in [-0.4, -0.2) is 13.4 Å². The molecule has 112 valence electrons. The van der Waals surface area contributed by atoms with Crippen LogP contribution in [0.3, 0.4) is 0 Å². The molecule has 0 unspecified atom stereocenters. The molecule has 1 aromatic heterocycles. The summed E-state index contributed by atoms with van der Waals surface area (Å²) in [6.07, 6.45) is 0. The first-order valence-electron chi connectivity index (χ1n) is 6.55. The van der Waals surface area contributed by atoms with Crippen LogP contribution in [0.25, 0.3) is 0 Å². The van der Waals surface area contributed by atoms with Crippen LogP contribution in [0.1, 0.15) is 22.4 Å². The Bertz CT molecular complexity index is 806. The molecule has 0 amide bonds. The molecule has 0 spiro atoms. The van der Waals surface area contributed by atoms with Crippen LogP contribution in [0.2, 0.25) is 0 Å². The zero-order chi connectivity index (χ0) is 15.6. The lowest BCUT2D eigenvalue weighted by Crippen LogP contribution is -2.28. The maximum absolute atomic E-state index is 12.2. The number of benzene rings is 1. The van der Waals surface area contributed by atoms with Crippen LogP contribution >= 0.6 is 0 Å². The zero-order valence-corrected chi connectivity index (χ0v) is 13.0. The molecule has 0 saturated heterocycles. The predicted molar refractivity (Wildman–Crippen MR) is 81.7 cm³/mol. The van der Waals surface area contributed by atoms with Crippen molar-refractivity contribution in [3.8, 4) is 0 Å². The van der Waals surface area contributed by atoms with Crippen LogP contribution in [-0.2, 0) is 16.6 Å². The molecule has 21 heavy (non-hydrogen) atoms. The van der Waals surface area contributed by atoms with Crippen LogP contribution < -0.4 is 10.3 Å². The molecule has 1 aromatic carbocycles. The van der Waals surface area contributed by atoms with Crippen molar-refractivity contribution in [3.05, 3.63) is 63.1 Å². The first-order chi connectivity index (χ1) is 9.79. The van der Waals surface area contributed by atoms with Gasteiger partial charge in [-0.3, -0.25) is 4.79 Å². The van der Waals surface area contributed by atoms with Gasteiger partial charge in [0.25, 0.3) is 5.56 Å². The van der Waals surface area contributed by atoms with E-state index in [1.807, 2.05) is 13.0 Å². The molecular formula is C15H18N2O3S. The van der Waals surface area contributed by atoms with Crippen molar-refractivity contribution >= 4 is 10.0 Å². The fraction of sp³-hybridized carbons (Fsp3) is 0.267. The van der Waals surface area contributed by atoms with Crippen LogP contribution in [0.15, 0.2) is 40.0 Å². The van der Waals surface area contributed by atoms with E-state index in [1.165, 1.54) is 0 Å². The van der Waals surface area contributed by atoms with E-state index in [1.54, 1.807) is 38.1 Å². The number of hydrogen-bond donors (Lipinski definition) is 2. The third-order valence-electron chi connectivity index (χ3n) is 3.26. The second-order valence-corrected chi connectivity index (χ2v) is 6.85. The Hall–Kier alpha value is -1.92. The highest BCUT2D eigenvalue weighted by Gasteiger charge is 2.15. The summed E-state index contributed by atoms with van der Waals surface area (Å²) in [5.41, 5.74) is 2.67. The van der Waals surface area contributed by atoms with Crippen LogP contribution in [0.4, 0.5) is 0 Å². The van der Waals surface area contributed by atoms with Crippen molar-refractivity contribution in [2.24, 2.45) is 0 Å². The molecule has 0 bridgehead atoms. The molecule has 0 aliphatic rings. The molecular weight excluding hydrogens is 288 g/mol. The topological polar surface area (TPSA) is 79.0 Å². The Morgan fingerprint density at radius 3 is 2.29 bits per heavy atom. The van der Waals surface area contributed by atoms with Gasteiger partial charge in [0.2, 0.25) is 10.0 Å². The number of hydrogen-bond acceptors (Lipinski definition) is 3. The summed E-state index contributed by atoms with van der Waals surface area (Å²) in [5.74, 6) is 0. The van der Waals surface area contributed by atoms with E-state index in [-0.39, 0.29) is 17.0 Å². The van der Waals surface area contributed by atoms with Gasteiger partial charge in [-0.15, -0.1) is 0 Å². The average molecular weight is 306 g/mol. The Balaban J connectivity index is 2.23. The number of aromatic amines is 1. The Morgan fingerprint density at radius 2 is 1.71 bits per heavy atom. The molecule has 2 aromatic rings. The number of aromatic nitrogens is 1. The summed E-state index contributed by atoms with van der Waals surface area (Å²) in [6, 6.07) is 8.38. The molecule has 2 rings (SSSR count). The summed E-state index contributed by atoms with van der Waals surface area (Å²) in [6.45, 7) is 5.43. The van der Waals surface area contributed by atoms with Crippen molar-refractivity contribution in [1.29, 1.82) is 0 Å². The summed E-state index contributed by atoms with van der Waals surface area (Å²) >= 11 is 0. The fourth-order valence-corrected chi connectivity index (χ4v) is 3.06. The monoisotopic (exact) mass is 306 g/mol. The lowest BCUT2D eigenvalue weighted by Gasteiger charge is -2.09. The molecule has 0 aliphatic carbocycles. The smallest absolute Gasteiger partial charge is 0.252 e. The molecule has 2 N–H and O–H groups in total. The van der Waals surface area contributed by atoms with Gasteiger partial charge in [0.05, 0.1) is 4.90 Å². The van der Waals surface area contributed by atoms with E-state index in [0.717, 1.165) is 16.8 Å². The van der Waals surface area contributed by atoms with Crippen molar-refractivity contribution in [2.45, 2.75) is 32.2 Å². The Kier molecular flexibility index (Phi) is 4.29. The number of aryl methyl sites for hydroxylation is 3. The highest BCUT2D eigenvalue weighted by Crippen LogP contribution is 2.11. The molecule has 0 fully saturated rings. The summed E-state index contributed by atoms with van der Waals surface area (Å²) in [7, 11) is -3.62. The molecule has 0 atom stereocenters. The van der Waals surface area contributed by atoms with E-state index in [0.29, 0.717) is 5.56 Å². The third kappa shape index (κ3) is 3.59. The number of sulfonamides is 1. The minimum atomic E-state index is -3.62. The number of pyridine rings is 1. The van der Waals surface area contributed by atoms with E-state index in [2.05, 4.69) is 9.71 Å². The lowest BCUT2D eigenvalue weighted by atomic mass is 10.1. The van der Waals surface area contributed by atoms with Gasteiger partial charge in [0, 0.05) is 17.8 Å². The van der Waals surface area contributed by atoms with E-state index in [4.69, 9.17) is 0 Å². The molecule has 5 nitrogen and oxygen atoms in total. The quantitative estimate of drug-likeness (QED) is 0.903. The van der Waals surface area contributed by atoms with Gasteiger partial charge in [-0.25, -0.2) is 13.1 Å². The standard InChI is InChI=1S/C15H18N2O3S/c1-10-4-6-13(7-5-10)21(19,20)16-9-14-11(2)8-12(3)17-15(14)18/h4-8,16H,9H2,1-3H3,(H,17,18). The van der Waals surface area contributed by atoms with Gasteiger partial charge < -0.3 is 4.98 Å². The maximum atomic E-state index is 12.2. The number of nitrogens with one attached hydrogen (secondary N) is 2. The molecule has 1 heterocycles. The SMILES string of the molecule is Cc1ccc(S(=O)(=O)NCc2c(C)cc(C)[nH]c2=O)cc1. The van der Waals surface area contributed by atoms with Gasteiger partial charge in [0.1, 0.15) is 0 Å². The summed E-state index contributed by atoms with van der Waals surface area (Å²) in [5, 5.41) is 0. The van der Waals surface area contributed by atoms with Crippen LogP contribution in [0, 0.1) is 20.8 Å². The van der Waals surface area contributed by atoms with Crippen molar-refractivity contribution < 1.29 is 8.42 Å². The second kappa shape index (κ2) is 5.83. The molecule has 0 aliphatic heterocycles. The zero-order valence-electron chi connectivity index (χ0n) is 12.2. The minimum Gasteiger partial charge on any atom is -0.326 e. The lowest BCUT2D eigenvalue weighted by molar-refractivity contribution is 0.581. The largest absolute Gasteiger partial charge is 0.326 e. The molecule has 6 heteroatoms. The van der Waals surface area contributed by atoms with Crippen molar-refractivity contribution in [1.82, 2.24) is 9.71 Å². The van der Waals surface area contributed by atoms with Crippen molar-refractivity contribution in [3.63, 3.8) is 0 Å². The summed E-state index contributed by atoms with van der Waals surface area (Å²) < 4.78 is 26.8. The van der Waals surface area contributed by atoms with Gasteiger partial charge in [-0.2, -0.15) is 0 Å². The number of H-pyrrole nitrogens is 1. The highest BCUT2D eigenvalue weighted by molar-refractivity contribution is 7.89. The minimum absolute atomic E-state index is 0.0301. The maximum Gasteiger partial charge on any atom is 0.252 e. The average Bonchev–Trinajstić information content (AvgIpc) is 2.37. The third-order valence-corrected chi connectivity index (χ3v) is 4.68. The first kappa shape index (κ1) is 15.5. The Labute approximate surface area is 124 Å². The van der Waals surface area contributed by atoms with Gasteiger partial charge in [-0.05, 0) is 44.5 Å². The van der Waals surface area contributed by atoms with Gasteiger partial charge >= 0.3 is 0 Å². The van der Waals surface area contributed by atoms with E-state index in [9.17, 15) is 13.2 Å². The van der Waals surface area contributed by atoms with Crippen molar-refractivity contribution in [2.75, 3.05) is 0 Å².